The van der Waals surface area contributed by atoms with E-state index >= 15 is 0 Å². The number of carbonyl (C=O) groups excluding carboxylic acids is 1. The number of para-hydroxylation sites is 1. The molecule has 0 radical (unpaired) electrons. The number of aryl methyl sites for hydroxylation is 3. The Morgan fingerprint density at radius 2 is 1.92 bits per heavy atom. The van der Waals surface area contributed by atoms with Crippen molar-refractivity contribution in [1.29, 1.82) is 0 Å². The number of phenolic OH excluding ortho intramolecular Hbond substituents is 1. The molecule has 126 valence electrons. The minimum Gasteiger partial charge on any atom is -0.507 e. The number of hydrogen-bond donors (Lipinski definition) is 2. The maximum atomic E-state index is 11.8. The highest BCUT2D eigenvalue weighted by atomic mass is 127. The van der Waals surface area contributed by atoms with E-state index < -0.39 is 0 Å². The number of carbonyl (C=O) groups is 1. The quantitative estimate of drug-likeness (QED) is 0.427. The number of halogens is 1. The van der Waals surface area contributed by atoms with Crippen LogP contribution in [0, 0.1) is 24.3 Å². The first-order chi connectivity index (χ1) is 11.4. The van der Waals surface area contributed by atoms with E-state index in [0.717, 1.165) is 20.3 Å². The molecular formula is C18H19IN2O3. The van der Waals surface area contributed by atoms with Crippen molar-refractivity contribution in [1.82, 2.24) is 5.43 Å². The van der Waals surface area contributed by atoms with Crippen LogP contribution < -0.4 is 10.2 Å². The van der Waals surface area contributed by atoms with E-state index in [2.05, 4.69) is 33.1 Å². The molecule has 0 bridgehead atoms. The van der Waals surface area contributed by atoms with Gasteiger partial charge in [-0.15, -0.1) is 0 Å². The molecule has 2 N–H and O–H groups in total. The zero-order valence-electron chi connectivity index (χ0n) is 13.8. The molecule has 2 aromatic carbocycles. The fourth-order valence-electron chi connectivity index (χ4n) is 2.23. The number of nitrogens with zero attached hydrogens (tertiary/aromatic N) is 1. The number of phenols is 1. The van der Waals surface area contributed by atoms with Crippen molar-refractivity contribution in [2.24, 2.45) is 5.10 Å². The van der Waals surface area contributed by atoms with E-state index in [0.29, 0.717) is 11.3 Å². The fourth-order valence-corrected chi connectivity index (χ4v) is 3.03. The smallest absolute Gasteiger partial charge is 0.277 e. The van der Waals surface area contributed by atoms with E-state index in [-0.39, 0.29) is 18.3 Å². The molecule has 0 spiro atoms. The zero-order chi connectivity index (χ0) is 17.7. The second kappa shape index (κ2) is 8.14. The van der Waals surface area contributed by atoms with E-state index in [1.807, 2.05) is 45.0 Å². The SMILES string of the molecule is Cc1cc(I)cc(C=NNC(=O)COc2c(C)cccc2C)c1O. The first kappa shape index (κ1) is 18.3. The van der Waals surface area contributed by atoms with Gasteiger partial charge in [-0.3, -0.25) is 4.79 Å². The van der Waals surface area contributed by atoms with Gasteiger partial charge in [0.05, 0.1) is 6.21 Å². The first-order valence-electron chi connectivity index (χ1n) is 7.38. The number of hydrogen-bond acceptors (Lipinski definition) is 4. The van der Waals surface area contributed by atoms with Crippen molar-refractivity contribution in [2.75, 3.05) is 6.61 Å². The third kappa shape index (κ3) is 4.70. The van der Waals surface area contributed by atoms with Crippen LogP contribution >= 0.6 is 22.6 Å². The summed E-state index contributed by atoms with van der Waals surface area (Å²) < 4.78 is 6.54. The molecule has 5 nitrogen and oxygen atoms in total. The van der Waals surface area contributed by atoms with Crippen molar-refractivity contribution in [2.45, 2.75) is 20.8 Å². The van der Waals surface area contributed by atoms with Gasteiger partial charge in [-0.2, -0.15) is 5.10 Å². The molecule has 6 heteroatoms. The van der Waals surface area contributed by atoms with Gasteiger partial charge in [-0.05, 0) is 72.2 Å². The molecule has 0 saturated heterocycles. The van der Waals surface area contributed by atoms with Gasteiger partial charge in [0, 0.05) is 9.13 Å². The predicted octanol–water partition coefficient (Wildman–Crippen LogP) is 3.45. The van der Waals surface area contributed by atoms with Crippen LogP contribution in [0.5, 0.6) is 11.5 Å². The van der Waals surface area contributed by atoms with Crippen LogP contribution in [-0.2, 0) is 4.79 Å². The minimum atomic E-state index is -0.365. The maximum absolute atomic E-state index is 11.8. The molecule has 24 heavy (non-hydrogen) atoms. The Balaban J connectivity index is 1.94. The summed E-state index contributed by atoms with van der Waals surface area (Å²) in [5, 5.41) is 13.8. The summed E-state index contributed by atoms with van der Waals surface area (Å²) in [6.45, 7) is 5.55. The molecule has 0 unspecified atom stereocenters. The molecular weight excluding hydrogens is 419 g/mol. The van der Waals surface area contributed by atoms with Gasteiger partial charge in [0.15, 0.2) is 6.61 Å². The van der Waals surface area contributed by atoms with E-state index in [1.165, 1.54) is 6.21 Å². The Kier molecular flexibility index (Phi) is 6.19. The summed E-state index contributed by atoms with van der Waals surface area (Å²) in [7, 11) is 0. The van der Waals surface area contributed by atoms with Crippen molar-refractivity contribution in [3.63, 3.8) is 0 Å². The monoisotopic (exact) mass is 438 g/mol. The largest absolute Gasteiger partial charge is 0.507 e. The molecule has 0 aromatic heterocycles. The highest BCUT2D eigenvalue weighted by molar-refractivity contribution is 14.1. The van der Waals surface area contributed by atoms with Crippen LogP contribution in [0.1, 0.15) is 22.3 Å². The van der Waals surface area contributed by atoms with Gasteiger partial charge >= 0.3 is 0 Å². The van der Waals surface area contributed by atoms with Crippen molar-refractivity contribution in [3.05, 3.63) is 56.2 Å². The fraction of sp³-hybridized carbons (Fsp3) is 0.222. The molecule has 0 aliphatic carbocycles. The summed E-state index contributed by atoms with van der Waals surface area (Å²) in [6.07, 6.45) is 1.42. The number of aromatic hydroxyl groups is 1. The van der Waals surface area contributed by atoms with E-state index in [9.17, 15) is 9.90 Å². The highest BCUT2D eigenvalue weighted by Crippen LogP contribution is 2.23. The number of nitrogens with one attached hydrogen (secondary N) is 1. The summed E-state index contributed by atoms with van der Waals surface area (Å²) >= 11 is 2.16. The van der Waals surface area contributed by atoms with Crippen molar-refractivity contribution in [3.8, 4) is 11.5 Å². The van der Waals surface area contributed by atoms with Gasteiger partial charge < -0.3 is 9.84 Å². The topological polar surface area (TPSA) is 70.9 Å². The lowest BCUT2D eigenvalue weighted by Crippen LogP contribution is -2.25. The first-order valence-corrected chi connectivity index (χ1v) is 8.46. The van der Waals surface area contributed by atoms with Crippen LogP contribution in [0.15, 0.2) is 35.4 Å². The number of rotatable bonds is 5. The Labute approximate surface area is 154 Å². The second-order valence-corrected chi connectivity index (χ2v) is 6.71. The number of ether oxygens (including phenoxy) is 1. The normalized spacial score (nSPS) is 10.8. The summed E-state index contributed by atoms with van der Waals surface area (Å²) in [5.41, 5.74) is 5.66. The lowest BCUT2D eigenvalue weighted by atomic mass is 10.1. The van der Waals surface area contributed by atoms with Crippen LogP contribution in [-0.4, -0.2) is 23.8 Å². The third-order valence-corrected chi connectivity index (χ3v) is 4.07. The van der Waals surface area contributed by atoms with E-state index in [1.54, 1.807) is 6.07 Å². The molecule has 0 aliphatic heterocycles. The van der Waals surface area contributed by atoms with Crippen LogP contribution in [0.2, 0.25) is 0 Å². The average Bonchev–Trinajstić information content (AvgIpc) is 2.51. The Bertz CT molecular complexity index is 768. The number of benzene rings is 2. The van der Waals surface area contributed by atoms with Gasteiger partial charge in [0.2, 0.25) is 0 Å². The Hall–Kier alpha value is -2.09. The number of amides is 1. The van der Waals surface area contributed by atoms with Crippen LogP contribution in [0.25, 0.3) is 0 Å². The molecule has 0 fully saturated rings. The zero-order valence-corrected chi connectivity index (χ0v) is 15.9. The minimum absolute atomic E-state index is 0.125. The summed E-state index contributed by atoms with van der Waals surface area (Å²) in [4.78, 5) is 11.8. The molecule has 0 atom stereocenters. The van der Waals surface area contributed by atoms with Gasteiger partial charge in [-0.1, -0.05) is 18.2 Å². The number of hydrazone groups is 1. The standard InChI is InChI=1S/C18H19IN2O3/c1-11-5-4-6-12(2)18(11)24-10-16(22)21-20-9-14-8-15(19)7-13(3)17(14)23/h4-9,23H,10H2,1-3H3,(H,21,22). The molecule has 0 saturated carbocycles. The lowest BCUT2D eigenvalue weighted by molar-refractivity contribution is -0.123. The predicted molar refractivity (Wildman–Crippen MR) is 103 cm³/mol. The molecule has 2 aromatic rings. The highest BCUT2D eigenvalue weighted by Gasteiger charge is 2.07. The van der Waals surface area contributed by atoms with Crippen molar-refractivity contribution < 1.29 is 14.6 Å². The molecule has 0 heterocycles. The molecule has 1 amide bonds. The van der Waals surface area contributed by atoms with Crippen molar-refractivity contribution >= 4 is 34.7 Å². The van der Waals surface area contributed by atoms with Gasteiger partial charge in [-0.25, -0.2) is 5.43 Å². The van der Waals surface area contributed by atoms with Crippen LogP contribution in [0.3, 0.4) is 0 Å². The van der Waals surface area contributed by atoms with Gasteiger partial charge in [0.1, 0.15) is 11.5 Å². The Morgan fingerprint density at radius 1 is 1.25 bits per heavy atom. The van der Waals surface area contributed by atoms with E-state index in [4.69, 9.17) is 4.74 Å². The molecule has 2 rings (SSSR count). The average molecular weight is 438 g/mol. The second-order valence-electron chi connectivity index (χ2n) is 5.46. The maximum Gasteiger partial charge on any atom is 0.277 e. The summed E-state index contributed by atoms with van der Waals surface area (Å²) in [5.74, 6) is 0.499. The van der Waals surface area contributed by atoms with Crippen LogP contribution in [0.4, 0.5) is 0 Å². The summed E-state index contributed by atoms with van der Waals surface area (Å²) in [6, 6.07) is 9.45. The Morgan fingerprint density at radius 3 is 2.58 bits per heavy atom. The van der Waals surface area contributed by atoms with Gasteiger partial charge in [0.25, 0.3) is 5.91 Å². The lowest BCUT2D eigenvalue weighted by Gasteiger charge is -2.10. The molecule has 0 aliphatic rings. The third-order valence-electron chi connectivity index (χ3n) is 3.44.